The molecule has 16 heavy (non-hydrogen) atoms. The van der Waals surface area contributed by atoms with Crippen LogP contribution in [0.25, 0.3) is 0 Å². The van der Waals surface area contributed by atoms with E-state index in [2.05, 4.69) is 12.6 Å². The number of rotatable bonds is 3. The fourth-order valence-electron chi connectivity index (χ4n) is 1.52. The quantitative estimate of drug-likeness (QED) is 0.629. The van der Waals surface area contributed by atoms with Gasteiger partial charge in [0.1, 0.15) is 0 Å². The Bertz CT molecular complexity index is 474. The number of thiol groups is 1. The molecule has 0 bridgehead atoms. The molecule has 0 heterocycles. The van der Waals surface area contributed by atoms with E-state index in [-0.39, 0.29) is 5.78 Å². The minimum absolute atomic E-state index is 0.0614. The second-order valence-corrected chi connectivity index (χ2v) is 3.87. The van der Waals surface area contributed by atoms with Crippen molar-refractivity contribution < 1.29 is 4.79 Å². The standard InChI is InChI=1S/C14H12OS/c15-14(12-4-2-1-3-5-12)13-8-6-11(10-16)7-9-13/h1-9,16H,10H2. The van der Waals surface area contributed by atoms with E-state index in [1.54, 1.807) is 0 Å². The van der Waals surface area contributed by atoms with E-state index in [0.29, 0.717) is 5.75 Å². The number of hydrogen-bond acceptors (Lipinski definition) is 2. The van der Waals surface area contributed by atoms with Crippen molar-refractivity contribution in [3.05, 3.63) is 71.3 Å². The fraction of sp³-hybridized carbons (Fsp3) is 0.0714. The van der Waals surface area contributed by atoms with Gasteiger partial charge in [0, 0.05) is 16.9 Å². The zero-order chi connectivity index (χ0) is 11.4. The Labute approximate surface area is 101 Å². The minimum atomic E-state index is 0.0614. The summed E-state index contributed by atoms with van der Waals surface area (Å²) < 4.78 is 0. The Balaban J connectivity index is 2.28. The van der Waals surface area contributed by atoms with Gasteiger partial charge < -0.3 is 0 Å². The third kappa shape index (κ3) is 2.34. The second-order valence-electron chi connectivity index (χ2n) is 3.55. The molecule has 2 heteroatoms. The topological polar surface area (TPSA) is 17.1 Å². The minimum Gasteiger partial charge on any atom is -0.289 e. The molecule has 0 fully saturated rings. The van der Waals surface area contributed by atoms with Crippen LogP contribution in [0.4, 0.5) is 0 Å². The average Bonchev–Trinajstić information content (AvgIpc) is 2.39. The smallest absolute Gasteiger partial charge is 0.193 e. The highest BCUT2D eigenvalue weighted by Gasteiger charge is 2.07. The molecule has 0 saturated carbocycles. The summed E-state index contributed by atoms with van der Waals surface area (Å²) in [5.41, 5.74) is 2.56. The molecule has 0 spiro atoms. The van der Waals surface area contributed by atoms with E-state index in [0.717, 1.165) is 16.7 Å². The molecule has 80 valence electrons. The molecule has 0 unspecified atom stereocenters. The largest absolute Gasteiger partial charge is 0.289 e. The Kier molecular flexibility index (Phi) is 3.42. The molecule has 0 N–H and O–H groups in total. The van der Waals surface area contributed by atoms with Gasteiger partial charge in [-0.15, -0.1) is 0 Å². The highest BCUT2D eigenvalue weighted by molar-refractivity contribution is 7.79. The fourth-order valence-corrected chi connectivity index (χ4v) is 1.73. The predicted molar refractivity (Wildman–Crippen MR) is 69.0 cm³/mol. The van der Waals surface area contributed by atoms with Crippen molar-refractivity contribution in [2.24, 2.45) is 0 Å². The van der Waals surface area contributed by atoms with Crippen LogP contribution in [0.15, 0.2) is 54.6 Å². The third-order valence-electron chi connectivity index (χ3n) is 2.43. The van der Waals surface area contributed by atoms with Crippen molar-refractivity contribution in [2.75, 3.05) is 0 Å². The van der Waals surface area contributed by atoms with Gasteiger partial charge in [-0.3, -0.25) is 4.79 Å². The highest BCUT2D eigenvalue weighted by atomic mass is 32.1. The van der Waals surface area contributed by atoms with Gasteiger partial charge in [0.15, 0.2) is 5.78 Å². The van der Waals surface area contributed by atoms with Crippen LogP contribution in [-0.4, -0.2) is 5.78 Å². The molecular weight excluding hydrogens is 216 g/mol. The summed E-state index contributed by atoms with van der Waals surface area (Å²) in [4.78, 5) is 12.0. The molecular formula is C14H12OS. The summed E-state index contributed by atoms with van der Waals surface area (Å²) >= 11 is 4.18. The van der Waals surface area contributed by atoms with Crippen molar-refractivity contribution in [2.45, 2.75) is 5.75 Å². The first-order valence-electron chi connectivity index (χ1n) is 5.11. The number of carbonyl (C=O) groups excluding carboxylic acids is 1. The summed E-state index contributed by atoms with van der Waals surface area (Å²) in [6.45, 7) is 0. The van der Waals surface area contributed by atoms with E-state index in [1.807, 2.05) is 54.6 Å². The van der Waals surface area contributed by atoms with Crippen LogP contribution in [0.3, 0.4) is 0 Å². The van der Waals surface area contributed by atoms with Gasteiger partial charge in [0.2, 0.25) is 0 Å². The molecule has 0 aliphatic heterocycles. The molecule has 2 aromatic rings. The maximum atomic E-state index is 12.0. The summed E-state index contributed by atoms with van der Waals surface area (Å²) in [5, 5.41) is 0. The van der Waals surface area contributed by atoms with Gasteiger partial charge in [0.25, 0.3) is 0 Å². The number of carbonyl (C=O) groups is 1. The number of benzene rings is 2. The molecule has 0 aromatic heterocycles. The maximum absolute atomic E-state index is 12.0. The summed E-state index contributed by atoms with van der Waals surface area (Å²) in [7, 11) is 0. The lowest BCUT2D eigenvalue weighted by molar-refractivity contribution is 0.103. The molecule has 1 nitrogen and oxygen atoms in total. The lowest BCUT2D eigenvalue weighted by Crippen LogP contribution is -2.00. The molecule has 2 rings (SSSR count). The van der Waals surface area contributed by atoms with Gasteiger partial charge in [-0.05, 0) is 5.56 Å². The third-order valence-corrected chi connectivity index (χ3v) is 2.80. The normalized spacial score (nSPS) is 10.1. The van der Waals surface area contributed by atoms with Crippen LogP contribution in [0.2, 0.25) is 0 Å². The predicted octanol–water partition coefficient (Wildman–Crippen LogP) is 3.35. The van der Waals surface area contributed by atoms with E-state index in [9.17, 15) is 4.79 Å². The van der Waals surface area contributed by atoms with Crippen LogP contribution in [0, 0.1) is 0 Å². The number of ketones is 1. The van der Waals surface area contributed by atoms with E-state index in [4.69, 9.17) is 0 Å². The van der Waals surface area contributed by atoms with Gasteiger partial charge in [-0.25, -0.2) is 0 Å². The van der Waals surface area contributed by atoms with Crippen molar-refractivity contribution in [3.8, 4) is 0 Å². The first-order chi connectivity index (χ1) is 7.81. The van der Waals surface area contributed by atoms with Crippen LogP contribution < -0.4 is 0 Å². The van der Waals surface area contributed by atoms with Crippen molar-refractivity contribution in [1.82, 2.24) is 0 Å². The van der Waals surface area contributed by atoms with E-state index < -0.39 is 0 Å². The molecule has 0 amide bonds. The van der Waals surface area contributed by atoms with Gasteiger partial charge in [0.05, 0.1) is 0 Å². The van der Waals surface area contributed by atoms with Crippen LogP contribution in [0.1, 0.15) is 21.5 Å². The van der Waals surface area contributed by atoms with E-state index in [1.165, 1.54) is 0 Å². The van der Waals surface area contributed by atoms with Crippen LogP contribution in [0.5, 0.6) is 0 Å². The Morgan fingerprint density at radius 3 is 2.00 bits per heavy atom. The lowest BCUT2D eigenvalue weighted by Gasteiger charge is -2.02. The summed E-state index contributed by atoms with van der Waals surface area (Å²) in [6, 6.07) is 16.9. The molecule has 0 aliphatic rings. The zero-order valence-electron chi connectivity index (χ0n) is 8.76. The van der Waals surface area contributed by atoms with Crippen molar-refractivity contribution in [1.29, 1.82) is 0 Å². The van der Waals surface area contributed by atoms with Gasteiger partial charge >= 0.3 is 0 Å². The Morgan fingerprint density at radius 1 is 0.875 bits per heavy atom. The molecule has 0 atom stereocenters. The van der Waals surface area contributed by atoms with Crippen molar-refractivity contribution in [3.63, 3.8) is 0 Å². The first kappa shape index (κ1) is 11.0. The Hall–Kier alpha value is -1.54. The van der Waals surface area contributed by atoms with Crippen molar-refractivity contribution >= 4 is 18.4 Å². The van der Waals surface area contributed by atoms with Crippen LogP contribution in [-0.2, 0) is 5.75 Å². The number of hydrogen-bond donors (Lipinski definition) is 1. The molecule has 0 aliphatic carbocycles. The van der Waals surface area contributed by atoms with E-state index >= 15 is 0 Å². The first-order valence-corrected chi connectivity index (χ1v) is 5.74. The second kappa shape index (κ2) is 4.99. The molecule has 0 radical (unpaired) electrons. The van der Waals surface area contributed by atoms with Gasteiger partial charge in [-0.1, -0.05) is 54.6 Å². The average molecular weight is 228 g/mol. The van der Waals surface area contributed by atoms with Gasteiger partial charge in [-0.2, -0.15) is 12.6 Å². The molecule has 0 saturated heterocycles. The Morgan fingerprint density at radius 2 is 1.44 bits per heavy atom. The zero-order valence-corrected chi connectivity index (χ0v) is 9.65. The SMILES string of the molecule is O=C(c1ccccc1)c1ccc(CS)cc1. The highest BCUT2D eigenvalue weighted by Crippen LogP contribution is 2.11. The van der Waals surface area contributed by atoms with Crippen LogP contribution >= 0.6 is 12.6 Å². The lowest BCUT2D eigenvalue weighted by atomic mass is 10.0. The monoisotopic (exact) mass is 228 g/mol. The maximum Gasteiger partial charge on any atom is 0.193 e. The molecule has 2 aromatic carbocycles. The summed E-state index contributed by atoms with van der Waals surface area (Å²) in [6.07, 6.45) is 0. The summed E-state index contributed by atoms with van der Waals surface area (Å²) in [5.74, 6) is 0.756.